The number of hydrogen-bond donors (Lipinski definition) is 1. The van der Waals surface area contributed by atoms with Gasteiger partial charge < -0.3 is 10.2 Å². The van der Waals surface area contributed by atoms with E-state index in [0.29, 0.717) is 37.4 Å². The summed E-state index contributed by atoms with van der Waals surface area (Å²) in [4.78, 5) is 14.9. The number of amides is 1. The molecule has 0 unspecified atom stereocenters. The third-order valence-corrected chi connectivity index (χ3v) is 7.24. The minimum atomic E-state index is -3.72. The first-order valence-electron chi connectivity index (χ1n) is 10.2. The molecule has 1 N–H and O–H groups in total. The Morgan fingerprint density at radius 3 is 2.31 bits per heavy atom. The van der Waals surface area contributed by atoms with Gasteiger partial charge in [0.2, 0.25) is 10.0 Å². The lowest BCUT2D eigenvalue weighted by atomic mass is 10.2. The number of para-hydroxylation sites is 1. The van der Waals surface area contributed by atoms with Crippen LogP contribution in [-0.4, -0.2) is 44.8 Å². The molecule has 0 radical (unpaired) electrons. The zero-order valence-corrected chi connectivity index (χ0v) is 18.1. The lowest BCUT2D eigenvalue weighted by molar-refractivity contribution is 0.102. The van der Waals surface area contributed by atoms with E-state index in [1.165, 1.54) is 16.4 Å². The van der Waals surface area contributed by atoms with Gasteiger partial charge in [-0.05, 0) is 48.5 Å². The fourth-order valence-electron chi connectivity index (χ4n) is 3.64. The Hall–Kier alpha value is -3.67. The third kappa shape index (κ3) is 4.64. The van der Waals surface area contributed by atoms with Gasteiger partial charge in [0.1, 0.15) is 0 Å². The summed E-state index contributed by atoms with van der Waals surface area (Å²) in [6.45, 7) is 1.93. The number of carbonyl (C=O) groups excluding carboxylic acids is 1. The molecule has 162 valence electrons. The zero-order valence-electron chi connectivity index (χ0n) is 17.3. The van der Waals surface area contributed by atoms with Gasteiger partial charge in [-0.3, -0.25) is 4.79 Å². The molecule has 0 aliphatic carbocycles. The smallest absolute Gasteiger partial charge is 0.255 e. The Morgan fingerprint density at radius 1 is 0.875 bits per heavy atom. The van der Waals surface area contributed by atoms with Crippen molar-refractivity contribution < 1.29 is 13.2 Å². The minimum Gasteiger partial charge on any atom is -0.369 e. The van der Waals surface area contributed by atoms with Gasteiger partial charge in [0, 0.05) is 43.1 Å². The molecule has 8 heteroatoms. The first-order valence-corrected chi connectivity index (χ1v) is 11.6. The van der Waals surface area contributed by atoms with E-state index in [-0.39, 0.29) is 10.5 Å². The number of hydrogen-bond acceptors (Lipinski definition) is 5. The molecular formula is C24H22N4O3S. The van der Waals surface area contributed by atoms with E-state index in [9.17, 15) is 13.2 Å². The Labute approximate surface area is 187 Å². The van der Waals surface area contributed by atoms with Crippen LogP contribution in [0.25, 0.3) is 0 Å². The summed E-state index contributed by atoms with van der Waals surface area (Å²) in [6.07, 6.45) is 0. The predicted molar refractivity (Wildman–Crippen MR) is 123 cm³/mol. The van der Waals surface area contributed by atoms with Crippen LogP contribution in [0.1, 0.15) is 15.9 Å². The third-order valence-electron chi connectivity index (χ3n) is 5.34. The number of piperazine rings is 1. The second kappa shape index (κ2) is 9.22. The number of rotatable bonds is 5. The average Bonchev–Trinajstić information content (AvgIpc) is 2.85. The van der Waals surface area contributed by atoms with E-state index in [2.05, 4.69) is 10.2 Å². The average molecular weight is 447 g/mol. The van der Waals surface area contributed by atoms with E-state index in [1.807, 2.05) is 36.4 Å². The van der Waals surface area contributed by atoms with Crippen LogP contribution in [0.15, 0.2) is 83.8 Å². The second-order valence-electron chi connectivity index (χ2n) is 7.40. The van der Waals surface area contributed by atoms with Crippen LogP contribution < -0.4 is 10.2 Å². The second-order valence-corrected chi connectivity index (χ2v) is 9.34. The van der Waals surface area contributed by atoms with E-state index in [4.69, 9.17) is 5.26 Å². The number of benzene rings is 3. The van der Waals surface area contributed by atoms with Gasteiger partial charge in [0.05, 0.1) is 16.5 Å². The largest absolute Gasteiger partial charge is 0.369 e. The first kappa shape index (κ1) is 21.6. The topological polar surface area (TPSA) is 93.5 Å². The normalized spacial score (nSPS) is 14.5. The van der Waals surface area contributed by atoms with Gasteiger partial charge in [-0.2, -0.15) is 9.57 Å². The van der Waals surface area contributed by atoms with Crippen molar-refractivity contribution in [2.45, 2.75) is 4.90 Å². The van der Waals surface area contributed by atoms with E-state index >= 15 is 0 Å². The SMILES string of the molecule is N#Cc1cccc(NC(=O)c2cccc(S(=O)(=O)N3CCN(c4ccccc4)CC3)c2)c1. The van der Waals surface area contributed by atoms with Crippen molar-refractivity contribution in [2.24, 2.45) is 0 Å². The zero-order chi connectivity index (χ0) is 22.6. The fourth-order valence-corrected chi connectivity index (χ4v) is 5.11. The van der Waals surface area contributed by atoms with E-state index in [0.717, 1.165) is 5.69 Å². The highest BCUT2D eigenvalue weighted by Crippen LogP contribution is 2.22. The molecule has 1 aliphatic heterocycles. The van der Waals surface area contributed by atoms with Crippen molar-refractivity contribution in [1.29, 1.82) is 5.26 Å². The van der Waals surface area contributed by atoms with E-state index in [1.54, 1.807) is 36.4 Å². The number of carbonyl (C=O) groups is 1. The number of anilines is 2. The van der Waals surface area contributed by atoms with Gasteiger partial charge >= 0.3 is 0 Å². The molecule has 32 heavy (non-hydrogen) atoms. The molecule has 4 rings (SSSR count). The maximum Gasteiger partial charge on any atom is 0.255 e. The lowest BCUT2D eigenvalue weighted by Crippen LogP contribution is -2.48. The summed E-state index contributed by atoms with van der Waals surface area (Å²) < 4.78 is 27.8. The van der Waals surface area contributed by atoms with Gasteiger partial charge in [-0.25, -0.2) is 8.42 Å². The summed E-state index contributed by atoms with van der Waals surface area (Å²) in [6, 6.07) is 24.5. The van der Waals surface area contributed by atoms with Crippen molar-refractivity contribution in [3.05, 3.63) is 90.0 Å². The molecule has 0 aromatic heterocycles. The van der Waals surface area contributed by atoms with Crippen LogP contribution in [0, 0.1) is 11.3 Å². The molecule has 1 fully saturated rings. The predicted octanol–water partition coefficient (Wildman–Crippen LogP) is 3.32. The van der Waals surface area contributed by atoms with Crippen LogP contribution in [0.2, 0.25) is 0 Å². The molecule has 1 heterocycles. The summed E-state index contributed by atoms with van der Waals surface area (Å²) in [7, 11) is -3.72. The lowest BCUT2D eigenvalue weighted by Gasteiger charge is -2.35. The number of sulfonamides is 1. The fraction of sp³-hybridized carbons (Fsp3) is 0.167. The molecule has 0 saturated carbocycles. The molecule has 0 atom stereocenters. The van der Waals surface area contributed by atoms with Crippen LogP contribution in [0.5, 0.6) is 0 Å². The van der Waals surface area contributed by atoms with Crippen LogP contribution >= 0.6 is 0 Å². The maximum atomic E-state index is 13.2. The van der Waals surface area contributed by atoms with Crippen molar-refractivity contribution >= 4 is 27.3 Å². The molecule has 1 saturated heterocycles. The van der Waals surface area contributed by atoms with Gasteiger partial charge in [0.25, 0.3) is 5.91 Å². The number of nitrogens with one attached hydrogen (secondary N) is 1. The highest BCUT2D eigenvalue weighted by molar-refractivity contribution is 7.89. The number of nitriles is 1. The molecule has 0 spiro atoms. The molecule has 0 bridgehead atoms. The van der Waals surface area contributed by atoms with Gasteiger partial charge in [-0.15, -0.1) is 0 Å². The Balaban J connectivity index is 1.47. The quantitative estimate of drug-likeness (QED) is 0.649. The van der Waals surface area contributed by atoms with Crippen LogP contribution in [-0.2, 0) is 10.0 Å². The van der Waals surface area contributed by atoms with Gasteiger partial charge in [-0.1, -0.05) is 30.3 Å². The molecule has 1 aliphatic rings. The summed E-state index contributed by atoms with van der Waals surface area (Å²) in [5, 5.41) is 11.7. The monoisotopic (exact) mass is 446 g/mol. The van der Waals surface area contributed by atoms with Crippen LogP contribution in [0.3, 0.4) is 0 Å². The molecule has 3 aromatic rings. The Bertz CT molecular complexity index is 1260. The molecule has 3 aromatic carbocycles. The van der Waals surface area contributed by atoms with E-state index < -0.39 is 15.9 Å². The first-order chi connectivity index (χ1) is 15.5. The highest BCUT2D eigenvalue weighted by atomic mass is 32.2. The maximum absolute atomic E-state index is 13.2. The molecule has 1 amide bonds. The molecule has 7 nitrogen and oxygen atoms in total. The van der Waals surface area contributed by atoms with Gasteiger partial charge in [0.15, 0.2) is 0 Å². The highest BCUT2D eigenvalue weighted by Gasteiger charge is 2.29. The summed E-state index contributed by atoms with van der Waals surface area (Å²) >= 11 is 0. The standard InChI is InChI=1S/C24H22N4O3S/c25-18-19-6-4-8-21(16-19)26-24(29)20-7-5-11-23(17-20)32(30,31)28-14-12-27(13-15-28)22-9-2-1-3-10-22/h1-11,16-17H,12-15H2,(H,26,29). The van der Waals surface area contributed by atoms with Crippen molar-refractivity contribution in [1.82, 2.24) is 4.31 Å². The Kier molecular flexibility index (Phi) is 6.21. The van der Waals surface area contributed by atoms with Crippen molar-refractivity contribution in [3.63, 3.8) is 0 Å². The van der Waals surface area contributed by atoms with Crippen molar-refractivity contribution in [3.8, 4) is 6.07 Å². The van der Waals surface area contributed by atoms with Crippen LogP contribution in [0.4, 0.5) is 11.4 Å². The molecular weight excluding hydrogens is 424 g/mol. The Morgan fingerprint density at radius 2 is 1.59 bits per heavy atom. The van der Waals surface area contributed by atoms with Crippen molar-refractivity contribution in [2.75, 3.05) is 36.4 Å². The summed E-state index contributed by atoms with van der Waals surface area (Å²) in [5.41, 5.74) is 2.20. The minimum absolute atomic E-state index is 0.0871. The number of nitrogens with zero attached hydrogens (tertiary/aromatic N) is 3. The summed E-state index contributed by atoms with van der Waals surface area (Å²) in [5.74, 6) is -0.439.